The fourth-order valence-corrected chi connectivity index (χ4v) is 3.00. The molecule has 0 aliphatic heterocycles. The van der Waals surface area contributed by atoms with Gasteiger partial charge in [-0.05, 0) is 43.5 Å². The quantitative estimate of drug-likeness (QED) is 0.386. The topological polar surface area (TPSA) is 64.5 Å². The molecule has 0 bridgehead atoms. The maximum atomic E-state index is 4.37. The molecule has 3 heterocycles. The summed E-state index contributed by atoms with van der Waals surface area (Å²) in [5.74, 6) is 1.19. The molecule has 0 amide bonds. The Bertz CT molecular complexity index is 1030. The van der Waals surface area contributed by atoms with E-state index in [1.165, 1.54) is 5.56 Å². The zero-order chi connectivity index (χ0) is 22.6. The summed E-state index contributed by atoms with van der Waals surface area (Å²) >= 11 is 0. The number of aryl methyl sites for hydroxylation is 2. The number of aromatic nitrogens is 5. The van der Waals surface area contributed by atoms with E-state index >= 15 is 0 Å². The van der Waals surface area contributed by atoms with Crippen LogP contribution in [0, 0.1) is 13.8 Å². The molecule has 0 aliphatic rings. The largest absolute Gasteiger partial charge is 0.265 e. The van der Waals surface area contributed by atoms with Crippen LogP contribution in [0.5, 0.6) is 0 Å². The van der Waals surface area contributed by atoms with Gasteiger partial charge >= 0.3 is 0 Å². The maximum Gasteiger partial charge on any atom is 0.159 e. The second-order valence-corrected chi connectivity index (χ2v) is 7.05. The lowest BCUT2D eigenvalue weighted by molar-refractivity contribution is 0.817. The van der Waals surface area contributed by atoms with E-state index in [2.05, 4.69) is 50.9 Å². The van der Waals surface area contributed by atoms with E-state index in [9.17, 15) is 0 Å². The van der Waals surface area contributed by atoms with Crippen LogP contribution >= 0.6 is 0 Å². The van der Waals surface area contributed by atoms with Crippen molar-refractivity contribution in [1.29, 1.82) is 0 Å². The fraction of sp³-hybridized carbons (Fsp3) is 0.269. The molecule has 0 aliphatic carbocycles. The molecule has 1 aromatic carbocycles. The fourth-order valence-electron chi connectivity index (χ4n) is 3.00. The van der Waals surface area contributed by atoms with Crippen molar-refractivity contribution in [3.8, 4) is 22.5 Å². The second kappa shape index (κ2) is 12.3. The summed E-state index contributed by atoms with van der Waals surface area (Å²) in [4.78, 5) is 21.1. The predicted molar refractivity (Wildman–Crippen MR) is 128 cm³/mol. The van der Waals surface area contributed by atoms with Crippen LogP contribution in [0.1, 0.15) is 50.7 Å². The third kappa shape index (κ3) is 7.07. The first kappa shape index (κ1) is 23.8. The molecule has 0 spiro atoms. The van der Waals surface area contributed by atoms with Crippen LogP contribution in [0.4, 0.5) is 0 Å². The molecule has 4 rings (SSSR count). The van der Waals surface area contributed by atoms with Gasteiger partial charge < -0.3 is 0 Å². The molecule has 0 saturated heterocycles. The molecule has 0 saturated carbocycles. The van der Waals surface area contributed by atoms with Gasteiger partial charge in [-0.2, -0.15) is 0 Å². The van der Waals surface area contributed by atoms with Gasteiger partial charge in [-0.25, -0.2) is 19.9 Å². The summed E-state index contributed by atoms with van der Waals surface area (Å²) in [5.41, 5.74) is 6.41. The molecule has 160 valence electrons. The van der Waals surface area contributed by atoms with Crippen molar-refractivity contribution in [3.05, 3.63) is 90.5 Å². The zero-order valence-corrected chi connectivity index (χ0v) is 19.2. The highest BCUT2D eigenvalue weighted by Crippen LogP contribution is 2.25. The molecule has 4 aromatic rings. The van der Waals surface area contributed by atoms with Crippen molar-refractivity contribution in [2.75, 3.05) is 0 Å². The molecular formula is C26H31N5. The molecule has 0 atom stereocenters. The number of pyridine rings is 1. The van der Waals surface area contributed by atoms with Crippen LogP contribution in [0.2, 0.25) is 0 Å². The average Bonchev–Trinajstić information content (AvgIpc) is 2.81. The van der Waals surface area contributed by atoms with E-state index < -0.39 is 0 Å². The Labute approximate surface area is 185 Å². The molecule has 5 nitrogen and oxygen atoms in total. The summed E-state index contributed by atoms with van der Waals surface area (Å²) in [7, 11) is 0. The van der Waals surface area contributed by atoms with Gasteiger partial charge in [-0.15, -0.1) is 0 Å². The Balaban J connectivity index is 0.000000204. The van der Waals surface area contributed by atoms with Gasteiger partial charge in [0.2, 0.25) is 0 Å². The first-order chi connectivity index (χ1) is 15.0. The third-order valence-electron chi connectivity index (χ3n) is 4.30. The first-order valence-corrected chi connectivity index (χ1v) is 10.6. The molecule has 31 heavy (non-hydrogen) atoms. The van der Waals surface area contributed by atoms with Gasteiger partial charge in [-0.3, -0.25) is 4.98 Å². The van der Waals surface area contributed by atoms with Gasteiger partial charge in [0.1, 0.15) is 6.33 Å². The number of rotatable bonds is 3. The van der Waals surface area contributed by atoms with Crippen molar-refractivity contribution in [2.24, 2.45) is 0 Å². The van der Waals surface area contributed by atoms with Crippen molar-refractivity contribution >= 4 is 0 Å². The molecule has 0 fully saturated rings. The predicted octanol–water partition coefficient (Wildman–Crippen LogP) is 6.45. The normalized spacial score (nSPS) is 9.90. The summed E-state index contributed by atoms with van der Waals surface area (Å²) in [6.45, 7) is 12.2. The minimum absolute atomic E-state index is 0.420. The van der Waals surface area contributed by atoms with Gasteiger partial charge in [0.15, 0.2) is 5.82 Å². The number of hydrogen-bond acceptors (Lipinski definition) is 5. The van der Waals surface area contributed by atoms with E-state index in [1.807, 2.05) is 70.3 Å². The highest BCUT2D eigenvalue weighted by atomic mass is 14.9. The van der Waals surface area contributed by atoms with Crippen LogP contribution < -0.4 is 0 Å². The molecule has 0 unspecified atom stereocenters. The Kier molecular flexibility index (Phi) is 9.43. The first-order valence-electron chi connectivity index (χ1n) is 10.6. The molecule has 0 N–H and O–H groups in total. The van der Waals surface area contributed by atoms with Crippen LogP contribution in [-0.2, 0) is 0 Å². The highest BCUT2D eigenvalue weighted by Gasteiger charge is 2.09. The Morgan fingerprint density at radius 2 is 1.35 bits per heavy atom. The average molecular weight is 414 g/mol. The lowest BCUT2D eigenvalue weighted by Gasteiger charge is -2.10. The van der Waals surface area contributed by atoms with E-state index in [1.54, 1.807) is 18.7 Å². The van der Waals surface area contributed by atoms with E-state index in [-0.39, 0.29) is 0 Å². The second-order valence-electron chi connectivity index (χ2n) is 7.05. The molecule has 0 radical (unpaired) electrons. The summed E-state index contributed by atoms with van der Waals surface area (Å²) in [6, 6.07) is 16.0. The lowest BCUT2D eigenvalue weighted by atomic mass is 9.99. The standard InChI is InChI=1S/C13H14N2.C11H11N3.C2H6/c1-10(2)13-12(8-14-9-15-13)11-6-4-3-5-7-11;1-8-7-9(2)14-11(13-8)10-3-5-12-6-4-10;1-2/h3-10H,1-2H3;3-7H,1-2H3;1-2H3. The molecule has 5 heteroatoms. The van der Waals surface area contributed by atoms with Crippen molar-refractivity contribution in [1.82, 2.24) is 24.9 Å². The van der Waals surface area contributed by atoms with Crippen LogP contribution in [0.3, 0.4) is 0 Å². The van der Waals surface area contributed by atoms with Crippen LogP contribution in [0.25, 0.3) is 22.5 Å². The number of hydrogen-bond donors (Lipinski definition) is 0. The third-order valence-corrected chi connectivity index (χ3v) is 4.30. The Morgan fingerprint density at radius 1 is 0.742 bits per heavy atom. The van der Waals surface area contributed by atoms with Crippen LogP contribution in [-0.4, -0.2) is 24.9 Å². The maximum absolute atomic E-state index is 4.37. The Morgan fingerprint density at radius 3 is 1.94 bits per heavy atom. The monoisotopic (exact) mass is 413 g/mol. The van der Waals surface area contributed by atoms with E-state index in [0.29, 0.717) is 5.92 Å². The van der Waals surface area contributed by atoms with E-state index in [4.69, 9.17) is 0 Å². The molecular weight excluding hydrogens is 382 g/mol. The smallest absolute Gasteiger partial charge is 0.159 e. The number of nitrogens with zero attached hydrogens (tertiary/aromatic N) is 5. The van der Waals surface area contributed by atoms with Gasteiger partial charge in [-0.1, -0.05) is 58.0 Å². The summed E-state index contributed by atoms with van der Waals surface area (Å²) in [5, 5.41) is 0. The van der Waals surface area contributed by atoms with Crippen LogP contribution in [0.15, 0.2) is 73.4 Å². The summed E-state index contributed by atoms with van der Waals surface area (Å²) in [6.07, 6.45) is 6.99. The highest BCUT2D eigenvalue weighted by molar-refractivity contribution is 5.65. The molecule has 3 aromatic heterocycles. The summed E-state index contributed by atoms with van der Waals surface area (Å²) < 4.78 is 0. The van der Waals surface area contributed by atoms with Gasteiger partial charge in [0.25, 0.3) is 0 Å². The van der Waals surface area contributed by atoms with Crippen molar-refractivity contribution in [3.63, 3.8) is 0 Å². The minimum Gasteiger partial charge on any atom is -0.265 e. The van der Waals surface area contributed by atoms with Crippen molar-refractivity contribution in [2.45, 2.75) is 47.5 Å². The Hall–Kier alpha value is -3.47. The number of benzene rings is 1. The van der Waals surface area contributed by atoms with Gasteiger partial charge in [0, 0.05) is 41.1 Å². The zero-order valence-electron chi connectivity index (χ0n) is 19.2. The van der Waals surface area contributed by atoms with Gasteiger partial charge in [0.05, 0.1) is 5.69 Å². The van der Waals surface area contributed by atoms with Crippen molar-refractivity contribution < 1.29 is 0 Å². The SMILES string of the molecule is CC.CC(C)c1ncncc1-c1ccccc1.Cc1cc(C)nc(-c2ccncc2)n1. The van der Waals surface area contributed by atoms with E-state index in [0.717, 1.165) is 34.0 Å². The lowest BCUT2D eigenvalue weighted by Crippen LogP contribution is -1.97. The minimum atomic E-state index is 0.420.